The van der Waals surface area contributed by atoms with Crippen molar-refractivity contribution >= 4 is 34.2 Å². The minimum atomic E-state index is -0.517. The zero-order chi connectivity index (χ0) is 14.0. The number of nitro benzene ring substituents is 1. The summed E-state index contributed by atoms with van der Waals surface area (Å²) in [6, 6.07) is 6.12. The maximum atomic E-state index is 11.2. The molecule has 0 unspecified atom stereocenters. The van der Waals surface area contributed by atoms with E-state index in [0.29, 0.717) is 16.5 Å². The Morgan fingerprint density at radius 3 is 2.79 bits per heavy atom. The molecule has 0 N–H and O–H groups in total. The lowest BCUT2D eigenvalue weighted by Crippen LogP contribution is -2.03. The molecule has 19 heavy (non-hydrogen) atoms. The molecule has 0 fully saturated rings. The number of carbonyl (C=O) groups is 1. The highest BCUT2D eigenvalue weighted by Gasteiger charge is 2.19. The number of aromatic nitrogens is 1. The Kier molecular flexibility index (Phi) is 3.62. The lowest BCUT2D eigenvalue weighted by Gasteiger charge is -2.06. The highest BCUT2D eigenvalue weighted by atomic mass is 35.5. The number of carbonyl (C=O) groups excluding carboxylic acids is 1. The van der Waals surface area contributed by atoms with Crippen LogP contribution in [0.1, 0.15) is 12.5 Å². The van der Waals surface area contributed by atoms with Gasteiger partial charge < -0.3 is 4.74 Å². The van der Waals surface area contributed by atoms with Gasteiger partial charge in [-0.2, -0.15) is 0 Å². The molecule has 0 amide bonds. The molecule has 0 radical (unpaired) electrons. The Bertz CT molecular complexity index is 672. The Labute approximate surface area is 113 Å². The predicted molar refractivity (Wildman–Crippen MR) is 68.9 cm³/mol. The molecule has 1 aromatic heterocycles. The van der Waals surface area contributed by atoms with E-state index in [9.17, 15) is 14.9 Å². The van der Waals surface area contributed by atoms with Crippen molar-refractivity contribution < 1.29 is 14.5 Å². The standard InChI is InChI=1S/C12H9ClN2O4/c1-7(16)19-6-8-2-4-10-9(12(8)15(17)18)3-5-11(13)14-10/h2-5H,6H2,1H3. The summed E-state index contributed by atoms with van der Waals surface area (Å²) in [5, 5.41) is 11.8. The minimum absolute atomic E-state index is 0.122. The first-order chi connectivity index (χ1) is 8.99. The third kappa shape index (κ3) is 2.79. The lowest BCUT2D eigenvalue weighted by atomic mass is 10.1. The zero-order valence-corrected chi connectivity index (χ0v) is 10.7. The van der Waals surface area contributed by atoms with Crippen LogP contribution < -0.4 is 0 Å². The van der Waals surface area contributed by atoms with Gasteiger partial charge in [0.25, 0.3) is 5.69 Å². The minimum Gasteiger partial charge on any atom is -0.461 e. The van der Waals surface area contributed by atoms with Crippen molar-refractivity contribution in [3.8, 4) is 0 Å². The number of rotatable bonds is 3. The van der Waals surface area contributed by atoms with E-state index in [0.717, 1.165) is 0 Å². The quantitative estimate of drug-likeness (QED) is 0.374. The topological polar surface area (TPSA) is 82.3 Å². The van der Waals surface area contributed by atoms with Crippen molar-refractivity contribution in [1.82, 2.24) is 4.98 Å². The predicted octanol–water partition coefficient (Wildman–Crippen LogP) is 2.86. The van der Waals surface area contributed by atoms with Gasteiger partial charge in [0.2, 0.25) is 0 Å². The Hall–Kier alpha value is -2.21. The van der Waals surface area contributed by atoms with E-state index in [2.05, 4.69) is 4.98 Å². The van der Waals surface area contributed by atoms with Crippen molar-refractivity contribution in [1.29, 1.82) is 0 Å². The summed E-state index contributed by atoms with van der Waals surface area (Å²) in [5.74, 6) is -0.497. The molecule has 2 aromatic rings. The molecule has 98 valence electrons. The van der Waals surface area contributed by atoms with Crippen molar-refractivity contribution in [2.75, 3.05) is 0 Å². The van der Waals surface area contributed by atoms with Gasteiger partial charge in [0.05, 0.1) is 21.4 Å². The first kappa shape index (κ1) is 13.2. The van der Waals surface area contributed by atoms with Gasteiger partial charge in [-0.05, 0) is 24.3 Å². The Balaban J connectivity index is 2.58. The average Bonchev–Trinajstić information content (AvgIpc) is 2.34. The van der Waals surface area contributed by atoms with Crippen LogP contribution in [0.25, 0.3) is 10.9 Å². The zero-order valence-electron chi connectivity index (χ0n) is 9.92. The molecule has 0 aliphatic rings. The number of pyridine rings is 1. The molecule has 2 rings (SSSR count). The lowest BCUT2D eigenvalue weighted by molar-refractivity contribution is -0.384. The van der Waals surface area contributed by atoms with E-state index < -0.39 is 10.9 Å². The van der Waals surface area contributed by atoms with Crippen molar-refractivity contribution in [2.45, 2.75) is 13.5 Å². The maximum Gasteiger partial charge on any atom is 0.302 e. The number of nitro groups is 1. The van der Waals surface area contributed by atoms with Crippen LogP contribution in [0.2, 0.25) is 5.15 Å². The molecule has 0 atom stereocenters. The second-order valence-electron chi connectivity index (χ2n) is 3.81. The highest BCUT2D eigenvalue weighted by molar-refractivity contribution is 6.29. The fraction of sp³-hybridized carbons (Fsp3) is 0.167. The molecule has 0 aliphatic carbocycles. The smallest absolute Gasteiger partial charge is 0.302 e. The molecule has 0 spiro atoms. The van der Waals surface area contributed by atoms with Crippen LogP contribution in [0.3, 0.4) is 0 Å². The van der Waals surface area contributed by atoms with Gasteiger partial charge >= 0.3 is 5.97 Å². The van der Waals surface area contributed by atoms with E-state index in [4.69, 9.17) is 16.3 Å². The number of nitrogens with zero attached hydrogens (tertiary/aromatic N) is 2. The molecule has 0 aliphatic heterocycles. The second-order valence-corrected chi connectivity index (χ2v) is 4.20. The summed E-state index contributed by atoms with van der Waals surface area (Å²) in [5.41, 5.74) is 0.616. The largest absolute Gasteiger partial charge is 0.461 e. The van der Waals surface area contributed by atoms with Crippen molar-refractivity contribution in [2.24, 2.45) is 0 Å². The molecule has 0 bridgehead atoms. The molecule has 0 saturated heterocycles. The second kappa shape index (κ2) is 5.19. The summed E-state index contributed by atoms with van der Waals surface area (Å²) in [7, 11) is 0. The normalized spacial score (nSPS) is 10.4. The number of hydrogen-bond donors (Lipinski definition) is 0. The van der Waals surface area contributed by atoms with Crippen LogP contribution >= 0.6 is 11.6 Å². The summed E-state index contributed by atoms with van der Waals surface area (Å²) in [4.78, 5) is 25.4. The summed E-state index contributed by atoms with van der Waals surface area (Å²) in [6.45, 7) is 1.10. The first-order valence-corrected chi connectivity index (χ1v) is 5.72. The van der Waals surface area contributed by atoms with Crippen LogP contribution in [0, 0.1) is 10.1 Å². The maximum absolute atomic E-state index is 11.2. The number of fused-ring (bicyclic) bond motifs is 1. The van der Waals surface area contributed by atoms with E-state index in [1.54, 1.807) is 6.07 Å². The van der Waals surface area contributed by atoms with Crippen LogP contribution in [-0.2, 0) is 16.1 Å². The van der Waals surface area contributed by atoms with Gasteiger partial charge in [-0.3, -0.25) is 14.9 Å². The third-order valence-corrected chi connectivity index (χ3v) is 2.72. The van der Waals surface area contributed by atoms with Gasteiger partial charge in [0.15, 0.2) is 0 Å². The molecule has 7 heteroatoms. The monoisotopic (exact) mass is 280 g/mol. The van der Waals surface area contributed by atoms with E-state index in [1.165, 1.54) is 25.1 Å². The van der Waals surface area contributed by atoms with Gasteiger partial charge in [-0.1, -0.05) is 11.6 Å². The molecular formula is C12H9ClN2O4. The number of hydrogen-bond acceptors (Lipinski definition) is 5. The Morgan fingerprint density at radius 1 is 1.42 bits per heavy atom. The highest BCUT2D eigenvalue weighted by Crippen LogP contribution is 2.30. The first-order valence-electron chi connectivity index (χ1n) is 5.35. The summed E-state index contributed by atoms with van der Waals surface area (Å²) in [6.07, 6.45) is 0. The van der Waals surface area contributed by atoms with Gasteiger partial charge in [-0.25, -0.2) is 4.98 Å². The summed E-state index contributed by atoms with van der Waals surface area (Å²) < 4.78 is 4.80. The average molecular weight is 281 g/mol. The van der Waals surface area contributed by atoms with Crippen molar-refractivity contribution in [3.05, 3.63) is 45.1 Å². The number of benzene rings is 1. The van der Waals surface area contributed by atoms with Gasteiger partial charge in [0.1, 0.15) is 11.8 Å². The SMILES string of the molecule is CC(=O)OCc1ccc2nc(Cl)ccc2c1[N+](=O)[O-]. The molecule has 1 aromatic carbocycles. The molecular weight excluding hydrogens is 272 g/mol. The summed E-state index contributed by atoms with van der Waals surface area (Å²) >= 11 is 5.74. The van der Waals surface area contributed by atoms with E-state index in [-0.39, 0.29) is 17.4 Å². The van der Waals surface area contributed by atoms with E-state index >= 15 is 0 Å². The van der Waals surface area contributed by atoms with Crippen LogP contribution in [0.4, 0.5) is 5.69 Å². The molecule has 1 heterocycles. The van der Waals surface area contributed by atoms with Gasteiger partial charge in [0, 0.05) is 6.92 Å². The van der Waals surface area contributed by atoms with Crippen LogP contribution in [0.5, 0.6) is 0 Å². The van der Waals surface area contributed by atoms with Gasteiger partial charge in [-0.15, -0.1) is 0 Å². The van der Waals surface area contributed by atoms with Crippen LogP contribution in [-0.4, -0.2) is 15.9 Å². The Morgan fingerprint density at radius 2 is 2.16 bits per heavy atom. The van der Waals surface area contributed by atoms with Crippen molar-refractivity contribution in [3.63, 3.8) is 0 Å². The number of esters is 1. The van der Waals surface area contributed by atoms with E-state index in [1.807, 2.05) is 0 Å². The molecule has 0 saturated carbocycles. The fourth-order valence-corrected chi connectivity index (χ4v) is 1.87. The number of ether oxygens (including phenoxy) is 1. The fourth-order valence-electron chi connectivity index (χ4n) is 1.72. The molecule has 6 nitrogen and oxygen atoms in total. The van der Waals surface area contributed by atoms with Crippen LogP contribution in [0.15, 0.2) is 24.3 Å². The third-order valence-electron chi connectivity index (χ3n) is 2.51. The number of halogens is 1.